The molecule has 1 aromatic heterocycles. The van der Waals surface area contributed by atoms with Crippen LogP contribution in [0.25, 0.3) is 0 Å². The molecule has 1 atom stereocenters. The second-order valence-electron chi connectivity index (χ2n) is 5.12. The highest BCUT2D eigenvalue weighted by atomic mass is 19.4. The van der Waals surface area contributed by atoms with Gasteiger partial charge in [-0.15, -0.1) is 0 Å². The highest BCUT2D eigenvalue weighted by molar-refractivity contribution is 5.83. The lowest BCUT2D eigenvalue weighted by Gasteiger charge is -2.18. The summed E-state index contributed by atoms with van der Waals surface area (Å²) in [5.41, 5.74) is -1.04. The van der Waals surface area contributed by atoms with Gasteiger partial charge in [-0.3, -0.25) is 4.79 Å². The van der Waals surface area contributed by atoms with Crippen LogP contribution in [0.2, 0.25) is 0 Å². The summed E-state index contributed by atoms with van der Waals surface area (Å²) in [6.45, 7) is 1.56. The Morgan fingerprint density at radius 2 is 2.05 bits per heavy atom. The number of nitrogens with one attached hydrogen (secondary N) is 2. The largest absolute Gasteiger partial charge is 0.433 e. The topological polar surface area (TPSA) is 66.9 Å². The summed E-state index contributed by atoms with van der Waals surface area (Å²) in [7, 11) is 0. The molecule has 1 saturated carbocycles. The van der Waals surface area contributed by atoms with Crippen LogP contribution in [0.3, 0.4) is 0 Å². The summed E-state index contributed by atoms with van der Waals surface area (Å²) in [6.07, 6.45) is 0.540. The summed E-state index contributed by atoms with van der Waals surface area (Å²) in [4.78, 5) is 19.0. The molecule has 21 heavy (non-hydrogen) atoms. The number of aromatic nitrogens is 2. The number of rotatable bonds is 4. The standard InChI is InChI=1S/C13H17F3N4O/c1-8(11(21)19-9-4-2-3-5-9)18-12-17-7-6-10(20-12)13(14,15)16/h6-9H,2-5H2,1H3,(H,19,21)(H,17,18,20)/t8-/m0/s1. The first-order chi connectivity index (χ1) is 9.86. The zero-order chi connectivity index (χ0) is 15.5. The fourth-order valence-corrected chi connectivity index (χ4v) is 2.24. The van der Waals surface area contributed by atoms with Crippen LogP contribution in [-0.4, -0.2) is 28.0 Å². The van der Waals surface area contributed by atoms with Crippen molar-refractivity contribution in [1.29, 1.82) is 0 Å². The van der Waals surface area contributed by atoms with E-state index < -0.39 is 17.9 Å². The van der Waals surface area contributed by atoms with Gasteiger partial charge in [-0.2, -0.15) is 13.2 Å². The summed E-state index contributed by atoms with van der Waals surface area (Å²) < 4.78 is 37.6. The Hall–Kier alpha value is -1.86. The van der Waals surface area contributed by atoms with Gasteiger partial charge in [0.2, 0.25) is 11.9 Å². The number of carbonyl (C=O) groups excluding carboxylic acids is 1. The normalized spacial score (nSPS) is 17.5. The van der Waals surface area contributed by atoms with Crippen LogP contribution < -0.4 is 10.6 Å². The molecule has 0 saturated heterocycles. The lowest BCUT2D eigenvalue weighted by molar-refractivity contribution is -0.141. The first-order valence-corrected chi connectivity index (χ1v) is 6.83. The molecule has 1 amide bonds. The molecule has 1 heterocycles. The van der Waals surface area contributed by atoms with Gasteiger partial charge in [-0.1, -0.05) is 12.8 Å². The van der Waals surface area contributed by atoms with Crippen molar-refractivity contribution >= 4 is 11.9 Å². The summed E-state index contributed by atoms with van der Waals surface area (Å²) in [5, 5.41) is 5.46. The highest BCUT2D eigenvalue weighted by Gasteiger charge is 2.33. The van der Waals surface area contributed by atoms with Crippen LogP contribution in [0.4, 0.5) is 19.1 Å². The monoisotopic (exact) mass is 302 g/mol. The van der Waals surface area contributed by atoms with Crippen molar-refractivity contribution in [1.82, 2.24) is 15.3 Å². The fourth-order valence-electron chi connectivity index (χ4n) is 2.24. The highest BCUT2D eigenvalue weighted by Crippen LogP contribution is 2.27. The van der Waals surface area contributed by atoms with E-state index in [9.17, 15) is 18.0 Å². The van der Waals surface area contributed by atoms with E-state index >= 15 is 0 Å². The lowest BCUT2D eigenvalue weighted by atomic mass is 10.2. The van der Waals surface area contributed by atoms with Crippen molar-refractivity contribution in [2.24, 2.45) is 0 Å². The molecular formula is C13H17F3N4O. The molecule has 1 aliphatic carbocycles. The number of carbonyl (C=O) groups is 1. The van der Waals surface area contributed by atoms with E-state index in [1.165, 1.54) is 0 Å². The number of alkyl halides is 3. The first kappa shape index (κ1) is 15.5. The number of halogens is 3. The minimum atomic E-state index is -4.53. The van der Waals surface area contributed by atoms with E-state index in [1.807, 2.05) is 0 Å². The molecule has 0 bridgehead atoms. The van der Waals surface area contributed by atoms with Crippen molar-refractivity contribution in [2.75, 3.05) is 5.32 Å². The van der Waals surface area contributed by atoms with Gasteiger partial charge in [0.1, 0.15) is 11.7 Å². The molecule has 0 radical (unpaired) electrons. The molecule has 1 aromatic rings. The van der Waals surface area contributed by atoms with Gasteiger partial charge in [-0.05, 0) is 25.8 Å². The Morgan fingerprint density at radius 1 is 1.38 bits per heavy atom. The second-order valence-corrected chi connectivity index (χ2v) is 5.12. The molecule has 0 spiro atoms. The second kappa shape index (κ2) is 6.28. The first-order valence-electron chi connectivity index (χ1n) is 6.83. The van der Waals surface area contributed by atoms with E-state index in [1.54, 1.807) is 6.92 Å². The molecule has 5 nitrogen and oxygen atoms in total. The molecule has 0 aliphatic heterocycles. The molecule has 116 valence electrons. The predicted molar refractivity (Wildman–Crippen MR) is 70.5 cm³/mol. The maximum Gasteiger partial charge on any atom is 0.433 e. The molecule has 8 heteroatoms. The minimum absolute atomic E-state index is 0.157. The van der Waals surface area contributed by atoms with Gasteiger partial charge in [0, 0.05) is 12.2 Å². The van der Waals surface area contributed by atoms with Gasteiger partial charge in [0.05, 0.1) is 0 Å². The smallest absolute Gasteiger partial charge is 0.352 e. The Morgan fingerprint density at radius 3 is 2.67 bits per heavy atom. The minimum Gasteiger partial charge on any atom is -0.352 e. The number of hydrogen-bond donors (Lipinski definition) is 2. The lowest BCUT2D eigenvalue weighted by Crippen LogP contribution is -2.42. The van der Waals surface area contributed by atoms with E-state index in [2.05, 4.69) is 20.6 Å². The predicted octanol–water partition coefficient (Wildman–Crippen LogP) is 2.35. The van der Waals surface area contributed by atoms with Crippen molar-refractivity contribution in [3.05, 3.63) is 18.0 Å². The van der Waals surface area contributed by atoms with Crippen LogP contribution in [0.5, 0.6) is 0 Å². The van der Waals surface area contributed by atoms with Crippen molar-refractivity contribution in [3.8, 4) is 0 Å². The number of amides is 1. The molecule has 1 aliphatic rings. The zero-order valence-electron chi connectivity index (χ0n) is 11.6. The molecular weight excluding hydrogens is 285 g/mol. The van der Waals surface area contributed by atoms with Crippen LogP contribution in [0.15, 0.2) is 12.3 Å². The molecule has 2 N–H and O–H groups in total. The van der Waals surface area contributed by atoms with Crippen LogP contribution in [0.1, 0.15) is 38.3 Å². The third-order valence-corrected chi connectivity index (χ3v) is 3.39. The SMILES string of the molecule is C[C@H](Nc1nccc(C(F)(F)F)n1)C(=O)NC1CCCC1. The van der Waals surface area contributed by atoms with Gasteiger partial charge in [0.25, 0.3) is 0 Å². The Kier molecular flexibility index (Phi) is 4.64. The van der Waals surface area contributed by atoms with Crippen molar-refractivity contribution in [3.63, 3.8) is 0 Å². The fraction of sp³-hybridized carbons (Fsp3) is 0.615. The summed E-state index contributed by atoms with van der Waals surface area (Å²) in [5.74, 6) is -0.471. The Bertz CT molecular complexity index is 500. The molecule has 2 rings (SSSR count). The van der Waals surface area contributed by atoms with Gasteiger partial charge >= 0.3 is 6.18 Å². The third-order valence-electron chi connectivity index (χ3n) is 3.39. The van der Waals surface area contributed by atoms with E-state index in [0.29, 0.717) is 0 Å². The van der Waals surface area contributed by atoms with Crippen LogP contribution >= 0.6 is 0 Å². The third kappa shape index (κ3) is 4.30. The molecule has 1 fully saturated rings. The van der Waals surface area contributed by atoms with Gasteiger partial charge in [-0.25, -0.2) is 9.97 Å². The van der Waals surface area contributed by atoms with Gasteiger partial charge < -0.3 is 10.6 Å². The average molecular weight is 302 g/mol. The maximum absolute atomic E-state index is 12.5. The summed E-state index contributed by atoms with van der Waals surface area (Å²) >= 11 is 0. The number of anilines is 1. The van der Waals surface area contributed by atoms with Crippen molar-refractivity contribution in [2.45, 2.75) is 50.9 Å². The molecule has 0 aromatic carbocycles. The van der Waals surface area contributed by atoms with Crippen LogP contribution in [-0.2, 0) is 11.0 Å². The zero-order valence-corrected chi connectivity index (χ0v) is 11.6. The van der Waals surface area contributed by atoms with E-state index in [0.717, 1.165) is 37.9 Å². The van der Waals surface area contributed by atoms with Crippen molar-refractivity contribution < 1.29 is 18.0 Å². The average Bonchev–Trinajstić information content (AvgIpc) is 2.91. The van der Waals surface area contributed by atoms with Gasteiger partial charge in [0.15, 0.2) is 0 Å². The van der Waals surface area contributed by atoms with E-state index in [-0.39, 0.29) is 17.9 Å². The maximum atomic E-state index is 12.5. The summed E-state index contributed by atoms with van der Waals surface area (Å²) in [6, 6.07) is 0.243. The molecule has 0 unspecified atom stereocenters. The quantitative estimate of drug-likeness (QED) is 0.896. The Labute approximate surface area is 120 Å². The van der Waals surface area contributed by atoms with E-state index in [4.69, 9.17) is 0 Å². The van der Waals surface area contributed by atoms with Crippen LogP contribution in [0, 0.1) is 0 Å². The number of nitrogens with zero attached hydrogens (tertiary/aromatic N) is 2. The Balaban J connectivity index is 1.95. The number of hydrogen-bond acceptors (Lipinski definition) is 4.